The van der Waals surface area contributed by atoms with Gasteiger partial charge in [-0.15, -0.1) is 0 Å². The standard InChI is InChI=1S/C35H43F3O/c1-3-5-7-8-9-10-25-11-13-26(14-12-25)29-19-20-30(32(36)24-29)27-15-17-28(18-16-27)31-21-22-33(35(38)34(31)37)39-23-6-4-2/h15-22,24-26H,3-14,23H2,1-2H3. The lowest BCUT2D eigenvalue weighted by atomic mass is 9.77. The van der Waals surface area contributed by atoms with E-state index in [0.717, 1.165) is 42.7 Å². The first-order valence-corrected chi connectivity index (χ1v) is 15.0. The van der Waals surface area contributed by atoms with Gasteiger partial charge < -0.3 is 4.74 Å². The average Bonchev–Trinajstić information content (AvgIpc) is 2.96. The van der Waals surface area contributed by atoms with Crippen LogP contribution < -0.4 is 4.74 Å². The van der Waals surface area contributed by atoms with Crippen LogP contribution in [-0.4, -0.2) is 6.61 Å². The molecule has 1 nitrogen and oxygen atoms in total. The van der Waals surface area contributed by atoms with Gasteiger partial charge in [-0.05, 0) is 78.8 Å². The highest BCUT2D eigenvalue weighted by atomic mass is 19.2. The van der Waals surface area contributed by atoms with Gasteiger partial charge in [-0.1, -0.05) is 95.2 Å². The molecule has 0 radical (unpaired) electrons. The predicted octanol–water partition coefficient (Wildman–Crippen LogP) is 11.3. The van der Waals surface area contributed by atoms with Crippen molar-refractivity contribution in [2.45, 2.75) is 96.8 Å². The van der Waals surface area contributed by atoms with Crippen molar-refractivity contribution in [3.05, 3.63) is 77.6 Å². The molecule has 1 saturated carbocycles. The van der Waals surface area contributed by atoms with Crippen LogP contribution in [0.3, 0.4) is 0 Å². The van der Waals surface area contributed by atoms with Gasteiger partial charge in [0, 0.05) is 11.1 Å². The van der Waals surface area contributed by atoms with Crippen molar-refractivity contribution in [2.24, 2.45) is 5.92 Å². The summed E-state index contributed by atoms with van der Waals surface area (Å²) in [6.45, 7) is 4.62. The van der Waals surface area contributed by atoms with Gasteiger partial charge in [-0.2, -0.15) is 4.39 Å². The van der Waals surface area contributed by atoms with Crippen molar-refractivity contribution in [1.82, 2.24) is 0 Å². The fraction of sp³-hybridized carbons (Fsp3) is 0.486. The van der Waals surface area contributed by atoms with Gasteiger partial charge in [0.1, 0.15) is 5.82 Å². The summed E-state index contributed by atoms with van der Waals surface area (Å²) >= 11 is 0. The Morgan fingerprint density at radius 2 is 1.31 bits per heavy atom. The molecule has 1 fully saturated rings. The normalized spacial score (nSPS) is 17.4. The highest BCUT2D eigenvalue weighted by molar-refractivity contribution is 5.71. The summed E-state index contributed by atoms with van der Waals surface area (Å²) in [6, 6.07) is 15.6. The fourth-order valence-electron chi connectivity index (χ4n) is 5.86. The van der Waals surface area contributed by atoms with E-state index in [1.165, 1.54) is 63.5 Å². The van der Waals surface area contributed by atoms with E-state index in [-0.39, 0.29) is 17.1 Å². The van der Waals surface area contributed by atoms with Crippen molar-refractivity contribution >= 4 is 0 Å². The van der Waals surface area contributed by atoms with Crippen LogP contribution in [0.15, 0.2) is 54.6 Å². The van der Waals surface area contributed by atoms with Gasteiger partial charge in [-0.25, -0.2) is 8.78 Å². The molecule has 210 valence electrons. The highest BCUT2D eigenvalue weighted by Gasteiger charge is 2.23. The molecular weight excluding hydrogens is 493 g/mol. The summed E-state index contributed by atoms with van der Waals surface area (Å²) in [5.41, 5.74) is 3.03. The van der Waals surface area contributed by atoms with Crippen LogP contribution in [0.5, 0.6) is 5.75 Å². The number of benzene rings is 3. The van der Waals surface area contributed by atoms with E-state index in [1.54, 1.807) is 30.3 Å². The van der Waals surface area contributed by atoms with Gasteiger partial charge in [-0.3, -0.25) is 0 Å². The second-order valence-electron chi connectivity index (χ2n) is 11.2. The topological polar surface area (TPSA) is 9.23 Å². The lowest BCUT2D eigenvalue weighted by molar-refractivity contribution is 0.289. The van der Waals surface area contributed by atoms with Gasteiger partial charge in [0.25, 0.3) is 0 Å². The summed E-state index contributed by atoms with van der Waals surface area (Å²) in [5, 5.41) is 0. The van der Waals surface area contributed by atoms with Crippen LogP contribution in [0.2, 0.25) is 0 Å². The predicted molar refractivity (Wildman–Crippen MR) is 156 cm³/mol. The van der Waals surface area contributed by atoms with Crippen molar-refractivity contribution in [3.8, 4) is 28.0 Å². The highest BCUT2D eigenvalue weighted by Crippen LogP contribution is 2.39. The SMILES string of the molecule is CCCCCCCC1CCC(c2ccc(-c3ccc(-c4ccc(OCCCC)c(F)c4F)cc3)c(F)c2)CC1. The summed E-state index contributed by atoms with van der Waals surface area (Å²) < 4.78 is 49.9. The Kier molecular flexibility index (Phi) is 10.9. The minimum absolute atomic E-state index is 0.0700. The Balaban J connectivity index is 1.37. The number of unbranched alkanes of at least 4 members (excludes halogenated alkanes) is 5. The van der Waals surface area contributed by atoms with Crippen LogP contribution in [0.4, 0.5) is 13.2 Å². The van der Waals surface area contributed by atoms with E-state index in [4.69, 9.17) is 4.74 Å². The Morgan fingerprint density at radius 1 is 0.667 bits per heavy atom. The van der Waals surface area contributed by atoms with E-state index in [2.05, 4.69) is 13.0 Å². The molecule has 0 N–H and O–H groups in total. The Hall–Kier alpha value is -2.75. The summed E-state index contributed by atoms with van der Waals surface area (Å²) in [5.74, 6) is -0.954. The Labute approximate surface area is 232 Å². The maximum absolute atomic E-state index is 15.2. The number of halogens is 3. The molecule has 0 atom stereocenters. The molecule has 0 aromatic heterocycles. The van der Waals surface area contributed by atoms with Crippen molar-refractivity contribution < 1.29 is 17.9 Å². The maximum Gasteiger partial charge on any atom is 0.201 e. The zero-order chi connectivity index (χ0) is 27.6. The van der Waals surface area contributed by atoms with Gasteiger partial charge in [0.15, 0.2) is 11.6 Å². The van der Waals surface area contributed by atoms with E-state index in [0.29, 0.717) is 23.7 Å². The summed E-state index contributed by atoms with van der Waals surface area (Å²) in [7, 11) is 0. The smallest absolute Gasteiger partial charge is 0.201 e. The molecule has 1 aliphatic carbocycles. The monoisotopic (exact) mass is 536 g/mol. The molecule has 0 saturated heterocycles. The first kappa shape index (κ1) is 29.2. The maximum atomic E-state index is 15.2. The first-order chi connectivity index (χ1) is 19.0. The van der Waals surface area contributed by atoms with Crippen LogP contribution in [0.25, 0.3) is 22.3 Å². The molecule has 0 aliphatic heterocycles. The molecule has 1 aliphatic rings. The third-order valence-electron chi connectivity index (χ3n) is 8.34. The molecule has 4 rings (SSSR count). The lowest BCUT2D eigenvalue weighted by Crippen LogP contribution is -2.13. The van der Waals surface area contributed by atoms with Crippen LogP contribution in [-0.2, 0) is 0 Å². The Morgan fingerprint density at radius 3 is 1.97 bits per heavy atom. The van der Waals surface area contributed by atoms with Gasteiger partial charge >= 0.3 is 0 Å². The summed E-state index contributed by atoms with van der Waals surface area (Å²) in [6.07, 6.45) is 14.5. The molecule has 3 aromatic carbocycles. The number of rotatable bonds is 13. The molecule has 0 amide bonds. The van der Waals surface area contributed by atoms with Gasteiger partial charge in [0.05, 0.1) is 6.61 Å². The number of hydrogen-bond donors (Lipinski definition) is 0. The summed E-state index contributed by atoms with van der Waals surface area (Å²) in [4.78, 5) is 0. The quantitative estimate of drug-likeness (QED) is 0.197. The van der Waals surface area contributed by atoms with Gasteiger partial charge in [0.2, 0.25) is 5.82 Å². The van der Waals surface area contributed by atoms with Crippen molar-refractivity contribution in [2.75, 3.05) is 6.61 Å². The largest absolute Gasteiger partial charge is 0.490 e. The molecular formula is C35H43F3O. The number of hydrogen-bond acceptors (Lipinski definition) is 1. The molecule has 39 heavy (non-hydrogen) atoms. The fourth-order valence-corrected chi connectivity index (χ4v) is 5.86. The minimum atomic E-state index is -0.977. The third kappa shape index (κ3) is 7.68. The molecule has 0 unspecified atom stereocenters. The third-order valence-corrected chi connectivity index (χ3v) is 8.34. The Bertz CT molecular complexity index is 1180. The van der Waals surface area contributed by atoms with Crippen molar-refractivity contribution in [1.29, 1.82) is 0 Å². The lowest BCUT2D eigenvalue weighted by Gasteiger charge is -2.29. The molecule has 4 heteroatoms. The van der Waals surface area contributed by atoms with E-state index < -0.39 is 11.6 Å². The zero-order valence-corrected chi connectivity index (χ0v) is 23.6. The molecule has 0 bridgehead atoms. The molecule has 0 heterocycles. The minimum Gasteiger partial charge on any atom is -0.490 e. The molecule has 0 spiro atoms. The van der Waals surface area contributed by atoms with E-state index >= 15 is 4.39 Å². The number of ether oxygens (including phenoxy) is 1. The van der Waals surface area contributed by atoms with E-state index in [1.807, 2.05) is 13.0 Å². The second kappa shape index (κ2) is 14.6. The van der Waals surface area contributed by atoms with Crippen LogP contribution in [0, 0.1) is 23.4 Å². The van der Waals surface area contributed by atoms with Crippen molar-refractivity contribution in [3.63, 3.8) is 0 Å². The van der Waals surface area contributed by atoms with E-state index in [9.17, 15) is 8.78 Å². The first-order valence-electron chi connectivity index (χ1n) is 15.0. The zero-order valence-electron chi connectivity index (χ0n) is 23.6. The van der Waals surface area contributed by atoms with Crippen LogP contribution >= 0.6 is 0 Å². The average molecular weight is 537 g/mol. The second-order valence-corrected chi connectivity index (χ2v) is 11.2. The van der Waals surface area contributed by atoms with Crippen LogP contribution in [0.1, 0.15) is 102 Å². The molecule has 3 aromatic rings.